The van der Waals surface area contributed by atoms with Gasteiger partial charge in [0.2, 0.25) is 0 Å². The van der Waals surface area contributed by atoms with Crippen LogP contribution in [0.5, 0.6) is 0 Å². The predicted octanol–water partition coefficient (Wildman–Crippen LogP) is 3.05. The van der Waals surface area contributed by atoms with Crippen LogP contribution < -0.4 is 0 Å². The first-order valence-electron chi connectivity index (χ1n) is 6.71. The lowest BCUT2D eigenvalue weighted by atomic mass is 9.89. The minimum atomic E-state index is -4.10. The van der Waals surface area contributed by atoms with Crippen LogP contribution in [0.2, 0.25) is 0 Å². The van der Waals surface area contributed by atoms with E-state index in [0.29, 0.717) is 25.3 Å². The number of alkyl halides is 3. The molecule has 6 heteroatoms. The fourth-order valence-electron chi connectivity index (χ4n) is 2.42. The van der Waals surface area contributed by atoms with Crippen LogP contribution in [0, 0.1) is 5.92 Å². The number of nitrogens with zero attached hydrogens (tertiary/aromatic N) is 1. The minimum absolute atomic E-state index is 0.0390. The first-order chi connectivity index (χ1) is 9.00. The van der Waals surface area contributed by atoms with Gasteiger partial charge in [0.25, 0.3) is 0 Å². The monoisotopic (exact) mass is 276 g/mol. The van der Waals surface area contributed by atoms with Gasteiger partial charge in [-0.1, -0.05) is 0 Å². The molecule has 1 unspecified atom stereocenters. The molecule has 1 aliphatic carbocycles. The van der Waals surface area contributed by atoms with Crippen LogP contribution in [-0.2, 0) is 24.0 Å². The summed E-state index contributed by atoms with van der Waals surface area (Å²) < 4.78 is 43.3. The minimum Gasteiger partial charge on any atom is -0.382 e. The quantitative estimate of drug-likeness (QED) is 0.839. The molecule has 0 spiro atoms. The molecule has 1 atom stereocenters. The Kier molecular flexibility index (Phi) is 4.50. The number of aromatic nitrogens is 2. The first-order valence-corrected chi connectivity index (χ1v) is 6.71. The van der Waals surface area contributed by atoms with Crippen molar-refractivity contribution in [3.63, 3.8) is 0 Å². The summed E-state index contributed by atoms with van der Waals surface area (Å²) in [6.45, 7) is 3.28. The molecule has 0 amide bonds. The van der Waals surface area contributed by atoms with Crippen molar-refractivity contribution >= 4 is 0 Å². The Morgan fingerprint density at radius 2 is 2.21 bits per heavy atom. The van der Waals surface area contributed by atoms with Crippen LogP contribution in [-0.4, -0.2) is 29.4 Å². The Hall–Kier alpha value is -1.04. The van der Waals surface area contributed by atoms with E-state index < -0.39 is 12.1 Å². The summed E-state index contributed by atoms with van der Waals surface area (Å²) >= 11 is 0. The van der Waals surface area contributed by atoms with E-state index in [-0.39, 0.29) is 12.8 Å². The van der Waals surface area contributed by atoms with Crippen LogP contribution in [0.25, 0.3) is 0 Å². The topological polar surface area (TPSA) is 37.9 Å². The van der Waals surface area contributed by atoms with Gasteiger partial charge < -0.3 is 9.72 Å². The number of fused-ring (bicyclic) bond motifs is 1. The van der Waals surface area contributed by atoms with Crippen molar-refractivity contribution < 1.29 is 17.9 Å². The highest BCUT2D eigenvalue weighted by Gasteiger charge is 2.41. The van der Waals surface area contributed by atoms with E-state index >= 15 is 0 Å². The van der Waals surface area contributed by atoms with Crippen LogP contribution >= 0.6 is 0 Å². The number of aryl methyl sites for hydroxylation is 2. The van der Waals surface area contributed by atoms with Gasteiger partial charge in [-0.15, -0.1) is 0 Å². The van der Waals surface area contributed by atoms with Crippen molar-refractivity contribution in [3.8, 4) is 0 Å². The Morgan fingerprint density at radius 1 is 1.42 bits per heavy atom. The number of hydrogen-bond acceptors (Lipinski definition) is 2. The molecule has 0 aliphatic heterocycles. The zero-order chi connectivity index (χ0) is 13.9. The zero-order valence-corrected chi connectivity index (χ0v) is 11.0. The summed E-state index contributed by atoms with van der Waals surface area (Å²) in [6.07, 6.45) is -1.93. The number of aromatic amines is 1. The fraction of sp³-hybridized carbons (Fsp3) is 0.769. The summed E-state index contributed by atoms with van der Waals surface area (Å²) in [4.78, 5) is 7.43. The van der Waals surface area contributed by atoms with Crippen LogP contribution in [0.15, 0.2) is 0 Å². The molecule has 2 rings (SSSR count). The molecular formula is C13H19F3N2O. The smallest absolute Gasteiger partial charge is 0.382 e. The maximum Gasteiger partial charge on any atom is 0.392 e. The van der Waals surface area contributed by atoms with Gasteiger partial charge in [0.15, 0.2) is 0 Å². The molecule has 1 aliphatic rings. The van der Waals surface area contributed by atoms with E-state index in [1.807, 2.05) is 6.92 Å². The average Bonchev–Trinajstić information content (AvgIpc) is 2.75. The second kappa shape index (κ2) is 5.94. The van der Waals surface area contributed by atoms with E-state index in [9.17, 15) is 13.2 Å². The van der Waals surface area contributed by atoms with Crippen molar-refractivity contribution in [2.45, 2.75) is 45.2 Å². The van der Waals surface area contributed by atoms with E-state index in [1.54, 1.807) is 0 Å². The standard InChI is InChI=1S/C13H19F3N2O/c1-2-19-7-3-4-12-17-10-6-5-9(13(14,15)16)8-11(10)18-12/h9H,2-8H2,1H3,(H,17,18). The molecule has 1 N–H and O–H groups in total. The predicted molar refractivity (Wildman–Crippen MR) is 65.0 cm³/mol. The second-order valence-electron chi connectivity index (χ2n) is 4.89. The van der Waals surface area contributed by atoms with E-state index in [4.69, 9.17) is 4.74 Å². The molecule has 0 fully saturated rings. The van der Waals surface area contributed by atoms with Gasteiger partial charge in [-0.05, 0) is 26.2 Å². The summed E-state index contributed by atoms with van der Waals surface area (Å²) in [6, 6.07) is 0. The van der Waals surface area contributed by atoms with Crippen molar-refractivity contribution in [2.24, 2.45) is 5.92 Å². The molecule has 0 radical (unpaired) electrons. The molecule has 0 saturated heterocycles. The van der Waals surface area contributed by atoms with Crippen molar-refractivity contribution in [2.75, 3.05) is 13.2 Å². The van der Waals surface area contributed by atoms with Gasteiger partial charge in [0.05, 0.1) is 11.6 Å². The van der Waals surface area contributed by atoms with E-state index in [0.717, 1.165) is 24.4 Å². The molecule has 1 heterocycles. The van der Waals surface area contributed by atoms with Gasteiger partial charge in [0, 0.05) is 31.7 Å². The number of H-pyrrole nitrogens is 1. The van der Waals surface area contributed by atoms with Crippen molar-refractivity contribution in [1.29, 1.82) is 0 Å². The molecule has 19 heavy (non-hydrogen) atoms. The first kappa shape index (κ1) is 14.4. The highest BCUT2D eigenvalue weighted by Crippen LogP contribution is 2.36. The van der Waals surface area contributed by atoms with E-state index in [2.05, 4.69) is 9.97 Å². The highest BCUT2D eigenvalue weighted by molar-refractivity contribution is 5.19. The number of rotatable bonds is 5. The van der Waals surface area contributed by atoms with Gasteiger partial charge in [-0.25, -0.2) is 4.98 Å². The third-order valence-corrected chi connectivity index (χ3v) is 3.46. The molecule has 108 valence electrons. The number of halogens is 3. The molecule has 1 aromatic rings. The number of imidazole rings is 1. The molecular weight excluding hydrogens is 257 g/mol. The second-order valence-corrected chi connectivity index (χ2v) is 4.89. The molecule has 3 nitrogen and oxygen atoms in total. The summed E-state index contributed by atoms with van der Waals surface area (Å²) in [5.74, 6) is -0.441. The summed E-state index contributed by atoms with van der Waals surface area (Å²) in [5, 5.41) is 0. The van der Waals surface area contributed by atoms with Crippen LogP contribution in [0.4, 0.5) is 13.2 Å². The normalized spacial score (nSPS) is 19.5. The average molecular weight is 276 g/mol. The van der Waals surface area contributed by atoms with Gasteiger partial charge in [-0.3, -0.25) is 0 Å². The number of ether oxygens (including phenoxy) is 1. The fourth-order valence-corrected chi connectivity index (χ4v) is 2.42. The Labute approximate surface area is 110 Å². The van der Waals surface area contributed by atoms with Gasteiger partial charge in [0.1, 0.15) is 5.82 Å². The Morgan fingerprint density at radius 3 is 2.89 bits per heavy atom. The SMILES string of the molecule is CCOCCCc1nc2c([nH]1)CC(C(F)(F)F)CC2. The highest BCUT2D eigenvalue weighted by atomic mass is 19.4. The number of nitrogens with one attached hydrogen (secondary N) is 1. The third-order valence-electron chi connectivity index (χ3n) is 3.46. The lowest BCUT2D eigenvalue weighted by Crippen LogP contribution is -2.28. The lowest BCUT2D eigenvalue weighted by Gasteiger charge is -2.23. The third kappa shape index (κ3) is 3.72. The number of hydrogen-bond donors (Lipinski definition) is 1. The Bertz CT molecular complexity index is 415. The molecule has 0 saturated carbocycles. The van der Waals surface area contributed by atoms with Crippen molar-refractivity contribution in [3.05, 3.63) is 17.2 Å². The molecule has 0 aromatic carbocycles. The maximum absolute atomic E-state index is 12.7. The molecule has 1 aromatic heterocycles. The molecule has 0 bridgehead atoms. The Balaban J connectivity index is 1.93. The maximum atomic E-state index is 12.7. The zero-order valence-electron chi connectivity index (χ0n) is 11.0. The lowest BCUT2D eigenvalue weighted by molar-refractivity contribution is -0.177. The van der Waals surface area contributed by atoms with Gasteiger partial charge in [-0.2, -0.15) is 13.2 Å². The largest absolute Gasteiger partial charge is 0.392 e. The van der Waals surface area contributed by atoms with Gasteiger partial charge >= 0.3 is 6.18 Å². The van der Waals surface area contributed by atoms with E-state index in [1.165, 1.54) is 0 Å². The van der Waals surface area contributed by atoms with Crippen LogP contribution in [0.1, 0.15) is 37.0 Å². The summed E-state index contributed by atoms with van der Waals surface area (Å²) in [7, 11) is 0. The van der Waals surface area contributed by atoms with Crippen molar-refractivity contribution in [1.82, 2.24) is 9.97 Å². The van der Waals surface area contributed by atoms with Crippen LogP contribution in [0.3, 0.4) is 0 Å². The summed E-state index contributed by atoms with van der Waals surface area (Å²) in [5.41, 5.74) is 1.48.